The second-order valence-electron chi connectivity index (χ2n) is 7.34. The van der Waals surface area contributed by atoms with Gasteiger partial charge in [0.05, 0.1) is 22.3 Å². The van der Waals surface area contributed by atoms with E-state index in [9.17, 15) is 9.18 Å². The molecule has 0 aliphatic carbocycles. The van der Waals surface area contributed by atoms with E-state index in [0.717, 1.165) is 17.7 Å². The van der Waals surface area contributed by atoms with Gasteiger partial charge in [-0.25, -0.2) is 9.37 Å². The van der Waals surface area contributed by atoms with Crippen LogP contribution in [0.2, 0.25) is 0 Å². The van der Waals surface area contributed by atoms with Gasteiger partial charge >= 0.3 is 0 Å². The Morgan fingerprint density at radius 1 is 1.17 bits per heavy atom. The quantitative estimate of drug-likeness (QED) is 0.489. The van der Waals surface area contributed by atoms with Crippen molar-refractivity contribution in [3.63, 3.8) is 0 Å². The minimum absolute atomic E-state index is 0.0141. The summed E-state index contributed by atoms with van der Waals surface area (Å²) in [5, 5.41) is 4.55. The number of hydrogen-bond acceptors (Lipinski definition) is 4. The minimum Gasteiger partial charge on any atom is -0.335 e. The molecule has 0 saturated carbocycles. The van der Waals surface area contributed by atoms with Gasteiger partial charge in [-0.2, -0.15) is 0 Å². The van der Waals surface area contributed by atoms with Gasteiger partial charge in [0.2, 0.25) is 0 Å². The van der Waals surface area contributed by atoms with Crippen molar-refractivity contribution in [2.45, 2.75) is 26.3 Å². The second kappa shape index (κ2) is 6.51. The molecule has 5 rings (SSSR count). The number of fused-ring (bicyclic) bond motifs is 2. The topological polar surface area (TPSA) is 59.2 Å². The summed E-state index contributed by atoms with van der Waals surface area (Å²) in [6.07, 6.45) is 0.791. The number of para-hydroxylation sites is 1. The monoisotopic (exact) mass is 387 g/mol. The number of hydrogen-bond donors (Lipinski definition) is 0. The molecule has 29 heavy (non-hydrogen) atoms. The maximum absolute atomic E-state index is 14.4. The minimum atomic E-state index is -0.408. The molecule has 0 N–H and O–H groups in total. The molecule has 0 saturated heterocycles. The molecule has 0 bridgehead atoms. The highest BCUT2D eigenvalue weighted by molar-refractivity contribution is 6.15. The molecule has 1 aliphatic rings. The number of benzene rings is 2. The van der Waals surface area contributed by atoms with Crippen molar-refractivity contribution >= 4 is 22.7 Å². The molecule has 0 spiro atoms. The van der Waals surface area contributed by atoms with Crippen LogP contribution < -0.4 is 4.90 Å². The maximum Gasteiger partial charge on any atom is 0.259 e. The fraction of sp³-hybridized carbons (Fsp3) is 0.174. The lowest BCUT2D eigenvalue weighted by molar-refractivity contribution is 0.0983. The van der Waals surface area contributed by atoms with Crippen LogP contribution in [-0.2, 0) is 6.42 Å². The fourth-order valence-corrected chi connectivity index (χ4v) is 4.08. The molecule has 0 radical (unpaired) electrons. The summed E-state index contributed by atoms with van der Waals surface area (Å²) in [6.45, 7) is 3.79. The number of carbonyl (C=O) groups excluding carboxylic acids is 1. The van der Waals surface area contributed by atoms with Crippen LogP contribution in [0.15, 0.2) is 59.1 Å². The van der Waals surface area contributed by atoms with Gasteiger partial charge in [0.25, 0.3) is 11.6 Å². The molecule has 144 valence electrons. The first kappa shape index (κ1) is 17.6. The van der Waals surface area contributed by atoms with E-state index in [1.54, 1.807) is 36.1 Å². The van der Waals surface area contributed by atoms with Gasteiger partial charge in [-0.05, 0) is 50.1 Å². The highest BCUT2D eigenvalue weighted by Gasteiger charge is 2.33. The van der Waals surface area contributed by atoms with Gasteiger partial charge in [0.1, 0.15) is 5.82 Å². The van der Waals surface area contributed by atoms with Crippen LogP contribution in [0.25, 0.3) is 22.4 Å². The number of anilines is 1. The van der Waals surface area contributed by atoms with Crippen LogP contribution in [0.5, 0.6) is 0 Å². The van der Waals surface area contributed by atoms with E-state index in [4.69, 9.17) is 4.52 Å². The molecule has 1 amide bonds. The molecule has 0 unspecified atom stereocenters. The fourth-order valence-electron chi connectivity index (χ4n) is 4.08. The Morgan fingerprint density at radius 3 is 2.76 bits per heavy atom. The highest BCUT2D eigenvalue weighted by atomic mass is 19.1. The highest BCUT2D eigenvalue weighted by Crippen LogP contribution is 2.35. The van der Waals surface area contributed by atoms with E-state index in [2.05, 4.69) is 10.1 Å². The first-order chi connectivity index (χ1) is 14.0. The number of aromatic nitrogens is 2. The molecule has 6 heteroatoms. The number of nitrogens with zero attached hydrogens (tertiary/aromatic N) is 3. The summed E-state index contributed by atoms with van der Waals surface area (Å²) < 4.78 is 19.7. The Kier molecular flexibility index (Phi) is 3.94. The van der Waals surface area contributed by atoms with Crippen molar-refractivity contribution in [2.75, 3.05) is 4.90 Å². The van der Waals surface area contributed by atoms with Crippen LogP contribution in [0.4, 0.5) is 10.1 Å². The molecule has 1 atom stereocenters. The Labute approximate surface area is 166 Å². The number of amides is 1. The van der Waals surface area contributed by atoms with Crippen molar-refractivity contribution in [1.29, 1.82) is 0 Å². The van der Waals surface area contributed by atoms with Gasteiger partial charge in [-0.3, -0.25) is 4.79 Å². The molecule has 4 aromatic rings. The van der Waals surface area contributed by atoms with E-state index in [1.807, 2.05) is 31.2 Å². The van der Waals surface area contributed by atoms with E-state index in [-0.39, 0.29) is 17.7 Å². The average molecular weight is 387 g/mol. The molecule has 1 aliphatic heterocycles. The van der Waals surface area contributed by atoms with Gasteiger partial charge in [0, 0.05) is 17.3 Å². The normalized spacial score (nSPS) is 15.7. The number of pyridine rings is 1. The van der Waals surface area contributed by atoms with Crippen molar-refractivity contribution < 1.29 is 13.7 Å². The molecule has 0 fully saturated rings. The standard InChI is InChI=1S/C23H18FN3O2/c1-13-11-15-7-3-6-10-20(15)27(13)23(28)17-12-19(16-8-4-5-9-18(16)24)25-22-21(17)14(2)26-29-22/h3-10,12-13H,11H2,1-2H3/t13-/m1/s1. The third-order valence-corrected chi connectivity index (χ3v) is 5.42. The van der Waals surface area contributed by atoms with Gasteiger partial charge < -0.3 is 9.42 Å². The number of carbonyl (C=O) groups is 1. The molecular weight excluding hydrogens is 369 g/mol. The van der Waals surface area contributed by atoms with Crippen molar-refractivity contribution in [3.8, 4) is 11.3 Å². The Hall–Kier alpha value is -3.54. The van der Waals surface area contributed by atoms with E-state index in [1.165, 1.54) is 6.07 Å². The summed E-state index contributed by atoms with van der Waals surface area (Å²) in [5.41, 5.74) is 3.91. The Balaban J connectivity index is 1.71. The van der Waals surface area contributed by atoms with Crippen LogP contribution in [0.3, 0.4) is 0 Å². The van der Waals surface area contributed by atoms with Crippen LogP contribution >= 0.6 is 0 Å². The first-order valence-electron chi connectivity index (χ1n) is 9.48. The summed E-state index contributed by atoms with van der Waals surface area (Å²) >= 11 is 0. The van der Waals surface area contributed by atoms with Gasteiger partial charge in [0.15, 0.2) is 0 Å². The maximum atomic E-state index is 14.4. The van der Waals surface area contributed by atoms with Crippen LogP contribution in [0.1, 0.15) is 28.5 Å². The summed E-state index contributed by atoms with van der Waals surface area (Å²) in [6, 6.07) is 15.9. The van der Waals surface area contributed by atoms with Gasteiger partial charge in [-0.1, -0.05) is 35.5 Å². The Morgan fingerprint density at radius 2 is 1.93 bits per heavy atom. The number of rotatable bonds is 2. The van der Waals surface area contributed by atoms with Crippen molar-refractivity contribution in [3.05, 3.63) is 77.2 Å². The lowest BCUT2D eigenvalue weighted by Gasteiger charge is -2.23. The van der Waals surface area contributed by atoms with E-state index < -0.39 is 5.82 Å². The van der Waals surface area contributed by atoms with Crippen LogP contribution in [0, 0.1) is 12.7 Å². The predicted octanol–water partition coefficient (Wildman–Crippen LogP) is 4.93. The molecule has 3 heterocycles. The van der Waals surface area contributed by atoms with Crippen molar-refractivity contribution in [2.24, 2.45) is 0 Å². The zero-order valence-corrected chi connectivity index (χ0v) is 16.0. The first-order valence-corrected chi connectivity index (χ1v) is 9.48. The smallest absolute Gasteiger partial charge is 0.259 e. The average Bonchev–Trinajstić information content (AvgIpc) is 3.26. The Bertz CT molecular complexity index is 1260. The zero-order chi connectivity index (χ0) is 20.1. The summed E-state index contributed by atoms with van der Waals surface area (Å²) in [7, 11) is 0. The molecule has 5 nitrogen and oxygen atoms in total. The predicted molar refractivity (Wildman–Crippen MR) is 108 cm³/mol. The van der Waals surface area contributed by atoms with E-state index in [0.29, 0.717) is 27.9 Å². The lowest BCUT2D eigenvalue weighted by atomic mass is 10.0. The number of halogens is 1. The lowest BCUT2D eigenvalue weighted by Crippen LogP contribution is -2.36. The summed E-state index contributed by atoms with van der Waals surface area (Å²) in [5.74, 6) is -0.576. The summed E-state index contributed by atoms with van der Waals surface area (Å²) in [4.78, 5) is 19.9. The van der Waals surface area contributed by atoms with E-state index >= 15 is 0 Å². The third-order valence-electron chi connectivity index (χ3n) is 5.42. The molecule has 2 aromatic carbocycles. The van der Waals surface area contributed by atoms with Crippen LogP contribution in [-0.4, -0.2) is 22.1 Å². The third kappa shape index (κ3) is 2.71. The van der Waals surface area contributed by atoms with Gasteiger partial charge in [-0.15, -0.1) is 0 Å². The molecule has 2 aromatic heterocycles. The SMILES string of the molecule is Cc1noc2nc(-c3ccccc3F)cc(C(=O)N3c4ccccc4C[C@H]3C)c12. The number of aryl methyl sites for hydroxylation is 1. The van der Waals surface area contributed by atoms with Crippen molar-refractivity contribution in [1.82, 2.24) is 10.1 Å². The second-order valence-corrected chi connectivity index (χ2v) is 7.34. The zero-order valence-electron chi connectivity index (χ0n) is 16.0. The molecular formula is C23H18FN3O2. The largest absolute Gasteiger partial charge is 0.335 e.